The number of halogens is 3. The minimum Gasteiger partial charge on any atom is -0.261 e. The second-order valence-electron chi connectivity index (χ2n) is 4.11. The van der Waals surface area contributed by atoms with Gasteiger partial charge < -0.3 is 0 Å². The van der Waals surface area contributed by atoms with Gasteiger partial charge in [-0.2, -0.15) is 0 Å². The van der Waals surface area contributed by atoms with Crippen LogP contribution in [0.1, 0.15) is 28.9 Å². The van der Waals surface area contributed by atoms with Crippen LogP contribution in [0.5, 0.6) is 0 Å². The van der Waals surface area contributed by atoms with Crippen LogP contribution < -0.4 is 0 Å². The molecule has 1 nitrogen and oxygen atoms in total. The Morgan fingerprint density at radius 2 is 2.06 bits per heavy atom. The first-order valence-electron chi connectivity index (χ1n) is 5.59. The lowest BCUT2D eigenvalue weighted by molar-refractivity contribution is 0.594. The van der Waals surface area contributed by atoms with E-state index in [9.17, 15) is 4.39 Å². The second kappa shape index (κ2) is 5.81. The molecule has 0 fully saturated rings. The highest BCUT2D eigenvalue weighted by molar-refractivity contribution is 9.09. The smallest absolute Gasteiger partial charge is 0.127 e. The van der Waals surface area contributed by atoms with Gasteiger partial charge in [0, 0.05) is 28.4 Å². The standard InChI is InChI=1S/C14H12BrClFN/c1-9(13-4-2-3-7-18-13)14(15)11-8-10(16)5-6-12(11)17/h2-9,14H,1H3. The van der Waals surface area contributed by atoms with Crippen molar-refractivity contribution in [1.82, 2.24) is 4.98 Å². The lowest BCUT2D eigenvalue weighted by atomic mass is 9.97. The first-order chi connectivity index (χ1) is 8.59. The van der Waals surface area contributed by atoms with Gasteiger partial charge in [0.1, 0.15) is 5.82 Å². The summed E-state index contributed by atoms with van der Waals surface area (Å²) < 4.78 is 13.8. The van der Waals surface area contributed by atoms with Gasteiger partial charge in [0.2, 0.25) is 0 Å². The molecule has 0 saturated carbocycles. The Bertz CT molecular complexity index is 533. The number of nitrogens with zero attached hydrogens (tertiary/aromatic N) is 1. The largest absolute Gasteiger partial charge is 0.261 e. The monoisotopic (exact) mass is 327 g/mol. The fourth-order valence-electron chi connectivity index (χ4n) is 1.79. The molecule has 18 heavy (non-hydrogen) atoms. The molecule has 0 spiro atoms. The summed E-state index contributed by atoms with van der Waals surface area (Å²) in [5.74, 6) is -0.205. The molecule has 0 N–H and O–H groups in total. The van der Waals surface area contributed by atoms with Crippen LogP contribution in [0.25, 0.3) is 0 Å². The Morgan fingerprint density at radius 1 is 1.28 bits per heavy atom. The molecule has 2 rings (SSSR count). The van der Waals surface area contributed by atoms with E-state index >= 15 is 0 Å². The van der Waals surface area contributed by atoms with Crippen molar-refractivity contribution in [3.05, 3.63) is 64.7 Å². The highest BCUT2D eigenvalue weighted by atomic mass is 79.9. The van der Waals surface area contributed by atoms with E-state index < -0.39 is 0 Å². The molecule has 0 bridgehead atoms. The van der Waals surface area contributed by atoms with Crippen LogP contribution in [-0.2, 0) is 0 Å². The molecule has 4 heteroatoms. The van der Waals surface area contributed by atoms with Crippen LogP contribution in [-0.4, -0.2) is 4.98 Å². The fraction of sp³-hybridized carbons (Fsp3) is 0.214. The third-order valence-electron chi connectivity index (χ3n) is 2.85. The lowest BCUT2D eigenvalue weighted by Crippen LogP contribution is -2.05. The third-order valence-corrected chi connectivity index (χ3v) is 4.37. The van der Waals surface area contributed by atoms with Crippen LogP contribution in [0.4, 0.5) is 4.39 Å². The summed E-state index contributed by atoms with van der Waals surface area (Å²) in [6.45, 7) is 2.00. The molecule has 0 radical (unpaired) electrons. The van der Waals surface area contributed by atoms with Gasteiger partial charge in [-0.3, -0.25) is 4.98 Å². The topological polar surface area (TPSA) is 12.9 Å². The number of benzene rings is 1. The maximum atomic E-state index is 13.8. The zero-order chi connectivity index (χ0) is 13.1. The maximum Gasteiger partial charge on any atom is 0.127 e. The molecule has 2 atom stereocenters. The van der Waals surface area contributed by atoms with Crippen molar-refractivity contribution >= 4 is 27.5 Å². The zero-order valence-corrected chi connectivity index (χ0v) is 12.1. The van der Waals surface area contributed by atoms with Gasteiger partial charge >= 0.3 is 0 Å². The molecule has 0 aliphatic rings. The average molecular weight is 329 g/mol. The Labute approximate surface area is 119 Å². The van der Waals surface area contributed by atoms with Gasteiger partial charge in [-0.25, -0.2) is 4.39 Å². The summed E-state index contributed by atoms with van der Waals surface area (Å²) in [7, 11) is 0. The predicted molar refractivity (Wildman–Crippen MR) is 75.7 cm³/mol. The molecule has 2 aromatic rings. The molecule has 0 amide bonds. The summed E-state index contributed by atoms with van der Waals surface area (Å²) in [6.07, 6.45) is 1.74. The number of alkyl halides is 1. The molecule has 0 saturated heterocycles. The second-order valence-corrected chi connectivity index (χ2v) is 5.53. The van der Waals surface area contributed by atoms with Crippen LogP contribution in [0, 0.1) is 5.82 Å². The van der Waals surface area contributed by atoms with E-state index in [0.717, 1.165) is 5.69 Å². The summed E-state index contributed by atoms with van der Waals surface area (Å²) in [5, 5.41) is 0.532. The summed E-state index contributed by atoms with van der Waals surface area (Å²) in [5.41, 5.74) is 1.47. The third kappa shape index (κ3) is 2.90. The molecule has 1 aromatic carbocycles. The number of aromatic nitrogens is 1. The normalized spacial score (nSPS) is 14.2. The van der Waals surface area contributed by atoms with Gasteiger partial charge in [0.15, 0.2) is 0 Å². The van der Waals surface area contributed by atoms with Crippen LogP contribution >= 0.6 is 27.5 Å². The SMILES string of the molecule is CC(c1ccccn1)C(Br)c1cc(Cl)ccc1F. The Hall–Kier alpha value is -0.930. The van der Waals surface area contributed by atoms with E-state index in [2.05, 4.69) is 20.9 Å². The average Bonchev–Trinajstić information content (AvgIpc) is 2.41. The number of rotatable bonds is 3. The van der Waals surface area contributed by atoms with Crippen molar-refractivity contribution in [2.75, 3.05) is 0 Å². The van der Waals surface area contributed by atoms with Crippen molar-refractivity contribution in [1.29, 1.82) is 0 Å². The molecule has 0 aliphatic heterocycles. The van der Waals surface area contributed by atoms with Crippen LogP contribution in [0.2, 0.25) is 5.02 Å². The van der Waals surface area contributed by atoms with E-state index in [4.69, 9.17) is 11.6 Å². The minimum absolute atomic E-state index is 0.0548. The lowest BCUT2D eigenvalue weighted by Gasteiger charge is -2.19. The molecular formula is C14H12BrClFN. The van der Waals surface area contributed by atoms with Gasteiger partial charge in [0.25, 0.3) is 0 Å². The Morgan fingerprint density at radius 3 is 2.72 bits per heavy atom. The van der Waals surface area contributed by atoms with E-state index in [1.807, 2.05) is 25.1 Å². The maximum absolute atomic E-state index is 13.8. The predicted octanol–water partition coefficient (Wildman–Crippen LogP) is 5.11. The quantitative estimate of drug-likeness (QED) is 0.713. The van der Waals surface area contributed by atoms with Crippen LogP contribution in [0.3, 0.4) is 0 Å². The Balaban J connectivity index is 2.31. The first-order valence-corrected chi connectivity index (χ1v) is 6.89. The first kappa shape index (κ1) is 13.5. The van der Waals surface area contributed by atoms with Crippen LogP contribution in [0.15, 0.2) is 42.6 Å². The molecule has 0 aliphatic carbocycles. The molecule has 94 valence electrons. The number of hydrogen-bond acceptors (Lipinski definition) is 1. The van der Waals surface area contributed by atoms with Crippen molar-refractivity contribution in [3.63, 3.8) is 0 Å². The van der Waals surface area contributed by atoms with Crippen molar-refractivity contribution in [2.24, 2.45) is 0 Å². The highest BCUT2D eigenvalue weighted by Gasteiger charge is 2.22. The van der Waals surface area contributed by atoms with E-state index in [-0.39, 0.29) is 16.6 Å². The van der Waals surface area contributed by atoms with Gasteiger partial charge in [-0.1, -0.05) is 40.5 Å². The highest BCUT2D eigenvalue weighted by Crippen LogP contribution is 2.38. The van der Waals surface area contributed by atoms with Crippen molar-refractivity contribution in [3.8, 4) is 0 Å². The van der Waals surface area contributed by atoms with Gasteiger partial charge in [-0.05, 0) is 30.3 Å². The zero-order valence-electron chi connectivity index (χ0n) is 9.78. The molecule has 2 unspecified atom stereocenters. The molecule has 1 heterocycles. The van der Waals surface area contributed by atoms with Crippen molar-refractivity contribution < 1.29 is 4.39 Å². The summed E-state index contributed by atoms with van der Waals surface area (Å²) in [6, 6.07) is 10.3. The van der Waals surface area contributed by atoms with Crippen molar-refractivity contribution in [2.45, 2.75) is 17.7 Å². The van der Waals surface area contributed by atoms with E-state index in [0.29, 0.717) is 10.6 Å². The number of pyridine rings is 1. The van der Waals surface area contributed by atoms with E-state index in [1.165, 1.54) is 6.07 Å². The van der Waals surface area contributed by atoms with Gasteiger partial charge in [0.05, 0.1) is 4.83 Å². The molecular weight excluding hydrogens is 317 g/mol. The van der Waals surface area contributed by atoms with E-state index in [1.54, 1.807) is 18.3 Å². The van der Waals surface area contributed by atoms with Gasteiger partial charge in [-0.15, -0.1) is 0 Å². The summed E-state index contributed by atoms with van der Waals surface area (Å²) >= 11 is 9.44. The summed E-state index contributed by atoms with van der Waals surface area (Å²) in [4.78, 5) is 4.13. The Kier molecular flexibility index (Phi) is 4.36. The minimum atomic E-state index is -0.260. The fourth-order valence-corrected chi connectivity index (χ4v) is 2.59. The molecule has 1 aromatic heterocycles. The number of hydrogen-bond donors (Lipinski definition) is 0.